The monoisotopic (exact) mass is 356 g/mol. The highest BCUT2D eigenvalue weighted by atomic mass is 15.1. The molecule has 2 aromatic rings. The summed E-state index contributed by atoms with van der Waals surface area (Å²) < 4.78 is 0. The van der Waals surface area contributed by atoms with Crippen LogP contribution in [0, 0.1) is 39.9 Å². The normalized spacial score (nSPS) is 11.2. The lowest BCUT2D eigenvalue weighted by Gasteiger charge is -2.25. The molecule has 2 rings (SSSR count). The number of hydrogen-bond donors (Lipinski definition) is 0. The SMILES string of the molecule is CCCCN(CCc1ccccc1)c1ccc(C(C#N)C(C#N)C#N)cc1. The first-order chi connectivity index (χ1) is 13.2. The van der Waals surface area contributed by atoms with Crippen LogP contribution >= 0.6 is 0 Å². The van der Waals surface area contributed by atoms with Gasteiger partial charge in [0.05, 0.1) is 18.2 Å². The molecule has 0 saturated carbocycles. The summed E-state index contributed by atoms with van der Waals surface area (Å²) in [4.78, 5) is 2.35. The minimum atomic E-state index is -0.949. The van der Waals surface area contributed by atoms with Gasteiger partial charge in [-0.1, -0.05) is 55.8 Å². The molecule has 4 heteroatoms. The highest BCUT2D eigenvalue weighted by Gasteiger charge is 2.22. The van der Waals surface area contributed by atoms with Gasteiger partial charge in [-0.05, 0) is 36.1 Å². The summed E-state index contributed by atoms with van der Waals surface area (Å²) >= 11 is 0. The topological polar surface area (TPSA) is 74.6 Å². The van der Waals surface area contributed by atoms with Crippen molar-refractivity contribution in [2.75, 3.05) is 18.0 Å². The van der Waals surface area contributed by atoms with Crippen molar-refractivity contribution in [1.29, 1.82) is 15.8 Å². The lowest BCUT2D eigenvalue weighted by molar-refractivity contribution is 0.710. The van der Waals surface area contributed by atoms with Gasteiger partial charge in [0.25, 0.3) is 0 Å². The average molecular weight is 356 g/mol. The van der Waals surface area contributed by atoms with Gasteiger partial charge in [-0.2, -0.15) is 15.8 Å². The van der Waals surface area contributed by atoms with Gasteiger partial charge in [0.2, 0.25) is 0 Å². The first-order valence-electron chi connectivity index (χ1n) is 9.31. The van der Waals surface area contributed by atoms with Crippen LogP contribution in [0.3, 0.4) is 0 Å². The molecule has 0 heterocycles. The van der Waals surface area contributed by atoms with E-state index >= 15 is 0 Å². The fourth-order valence-electron chi connectivity index (χ4n) is 3.04. The summed E-state index contributed by atoms with van der Waals surface area (Å²) in [6.07, 6.45) is 3.21. The van der Waals surface area contributed by atoms with Crippen LogP contribution in [0.4, 0.5) is 5.69 Å². The number of rotatable bonds is 9. The van der Waals surface area contributed by atoms with Crippen molar-refractivity contribution in [2.45, 2.75) is 32.1 Å². The molecule has 136 valence electrons. The van der Waals surface area contributed by atoms with Crippen LogP contribution in [-0.2, 0) is 6.42 Å². The van der Waals surface area contributed by atoms with Gasteiger partial charge in [-0.25, -0.2) is 0 Å². The Labute approximate surface area is 161 Å². The molecule has 0 aliphatic heterocycles. The van der Waals surface area contributed by atoms with E-state index in [-0.39, 0.29) is 0 Å². The molecule has 1 atom stereocenters. The maximum absolute atomic E-state index is 9.35. The zero-order valence-electron chi connectivity index (χ0n) is 15.7. The number of unbranched alkanes of at least 4 members (excludes halogenated alkanes) is 1. The van der Waals surface area contributed by atoms with Crippen LogP contribution in [0.1, 0.15) is 36.8 Å². The molecule has 0 spiro atoms. The fraction of sp³-hybridized carbons (Fsp3) is 0.348. The Morgan fingerprint density at radius 1 is 0.852 bits per heavy atom. The van der Waals surface area contributed by atoms with Crippen molar-refractivity contribution in [3.63, 3.8) is 0 Å². The Morgan fingerprint density at radius 3 is 2.07 bits per heavy atom. The van der Waals surface area contributed by atoms with Gasteiger partial charge in [-0.15, -0.1) is 0 Å². The van der Waals surface area contributed by atoms with E-state index < -0.39 is 11.8 Å². The van der Waals surface area contributed by atoms with Gasteiger partial charge in [0.15, 0.2) is 5.92 Å². The zero-order chi connectivity index (χ0) is 19.5. The van der Waals surface area contributed by atoms with E-state index in [4.69, 9.17) is 10.5 Å². The molecule has 1 unspecified atom stereocenters. The third-order valence-corrected chi connectivity index (χ3v) is 4.66. The smallest absolute Gasteiger partial charge is 0.153 e. The quantitative estimate of drug-likeness (QED) is 0.646. The van der Waals surface area contributed by atoms with Gasteiger partial charge in [-0.3, -0.25) is 0 Å². The molecule has 0 aliphatic rings. The molecule has 0 radical (unpaired) electrons. The van der Waals surface area contributed by atoms with Crippen LogP contribution in [0.15, 0.2) is 54.6 Å². The maximum Gasteiger partial charge on any atom is 0.153 e. The zero-order valence-corrected chi connectivity index (χ0v) is 15.7. The Kier molecular flexibility index (Phi) is 7.90. The van der Waals surface area contributed by atoms with Crippen LogP contribution in [0.2, 0.25) is 0 Å². The van der Waals surface area contributed by atoms with E-state index in [0.717, 1.165) is 38.0 Å². The molecule has 0 saturated heterocycles. The van der Waals surface area contributed by atoms with Crippen LogP contribution in [0.25, 0.3) is 0 Å². The second-order valence-corrected chi connectivity index (χ2v) is 6.51. The van der Waals surface area contributed by atoms with Crippen molar-refractivity contribution in [3.05, 3.63) is 65.7 Å². The fourth-order valence-corrected chi connectivity index (χ4v) is 3.04. The second-order valence-electron chi connectivity index (χ2n) is 6.51. The van der Waals surface area contributed by atoms with Gasteiger partial charge < -0.3 is 4.90 Å². The molecule has 0 aromatic heterocycles. The van der Waals surface area contributed by atoms with E-state index in [1.54, 1.807) is 0 Å². The summed E-state index contributed by atoms with van der Waals surface area (Å²) in [6.45, 7) is 4.08. The largest absolute Gasteiger partial charge is 0.371 e. The van der Waals surface area contributed by atoms with E-state index in [2.05, 4.69) is 42.2 Å². The lowest BCUT2D eigenvalue weighted by atomic mass is 9.89. The van der Waals surface area contributed by atoms with Crippen LogP contribution in [0.5, 0.6) is 0 Å². The Bertz CT molecular complexity index is 808. The summed E-state index contributed by atoms with van der Waals surface area (Å²) in [5, 5.41) is 27.5. The highest BCUT2D eigenvalue weighted by molar-refractivity contribution is 5.49. The number of nitriles is 3. The third-order valence-electron chi connectivity index (χ3n) is 4.66. The number of nitrogens with zero attached hydrogens (tertiary/aromatic N) is 4. The third kappa shape index (κ3) is 5.60. The molecule has 2 aromatic carbocycles. The minimum absolute atomic E-state index is 0.716. The lowest BCUT2D eigenvalue weighted by Crippen LogP contribution is -2.27. The van der Waals surface area contributed by atoms with Crippen LogP contribution < -0.4 is 4.90 Å². The first-order valence-corrected chi connectivity index (χ1v) is 9.31. The molecule has 0 bridgehead atoms. The maximum atomic E-state index is 9.35. The summed E-state index contributed by atoms with van der Waals surface area (Å²) in [7, 11) is 0. The molecule has 4 nitrogen and oxygen atoms in total. The summed E-state index contributed by atoms with van der Waals surface area (Å²) in [5.41, 5.74) is 3.13. The molecule has 27 heavy (non-hydrogen) atoms. The number of benzene rings is 2. The van der Waals surface area contributed by atoms with Gasteiger partial charge in [0, 0.05) is 18.8 Å². The van der Waals surface area contributed by atoms with Gasteiger partial charge in [0.1, 0.15) is 5.92 Å². The Morgan fingerprint density at radius 2 is 1.52 bits per heavy atom. The molecule has 0 N–H and O–H groups in total. The van der Waals surface area contributed by atoms with Crippen molar-refractivity contribution in [1.82, 2.24) is 0 Å². The Hall–Kier alpha value is -3.29. The standard InChI is InChI=1S/C23H24N4/c1-2-3-14-27(15-13-19-7-5-4-6-8-19)22-11-9-20(10-12-22)23(18-26)21(16-24)17-25/h4-12,21,23H,2-3,13-15H2,1H3. The second kappa shape index (κ2) is 10.6. The molecule has 0 aliphatic carbocycles. The highest BCUT2D eigenvalue weighted by Crippen LogP contribution is 2.26. The predicted octanol–water partition coefficient (Wildman–Crippen LogP) is 4.81. The average Bonchev–Trinajstić information content (AvgIpc) is 2.73. The van der Waals surface area contributed by atoms with E-state index in [0.29, 0.717) is 5.56 Å². The summed E-state index contributed by atoms with van der Waals surface area (Å²) in [5.74, 6) is -1.67. The molecule has 0 fully saturated rings. The summed E-state index contributed by atoms with van der Waals surface area (Å²) in [6, 6.07) is 24.1. The van der Waals surface area contributed by atoms with Gasteiger partial charge >= 0.3 is 0 Å². The number of hydrogen-bond acceptors (Lipinski definition) is 4. The Balaban J connectivity index is 2.15. The van der Waals surface area contributed by atoms with Crippen LogP contribution in [-0.4, -0.2) is 13.1 Å². The van der Waals surface area contributed by atoms with Crippen molar-refractivity contribution < 1.29 is 0 Å². The first kappa shape index (κ1) is 20.0. The predicted molar refractivity (Wildman–Crippen MR) is 107 cm³/mol. The van der Waals surface area contributed by atoms with Crippen molar-refractivity contribution >= 4 is 5.69 Å². The van der Waals surface area contributed by atoms with E-state index in [1.807, 2.05) is 42.5 Å². The minimum Gasteiger partial charge on any atom is -0.371 e. The molecule has 0 amide bonds. The number of anilines is 1. The van der Waals surface area contributed by atoms with Crippen molar-refractivity contribution in [3.8, 4) is 18.2 Å². The molecular formula is C23H24N4. The molecular weight excluding hydrogens is 332 g/mol. The van der Waals surface area contributed by atoms with Crippen molar-refractivity contribution in [2.24, 2.45) is 5.92 Å². The van der Waals surface area contributed by atoms with E-state index in [9.17, 15) is 5.26 Å². The van der Waals surface area contributed by atoms with E-state index in [1.165, 1.54) is 5.56 Å².